The third-order valence-electron chi connectivity index (χ3n) is 3.59. The summed E-state index contributed by atoms with van der Waals surface area (Å²) in [5.74, 6) is 1.08. The monoisotopic (exact) mass is 234 g/mol. The minimum Gasteiger partial charge on any atom is -0.493 e. The second-order valence-corrected chi connectivity index (χ2v) is 5.89. The summed E-state index contributed by atoms with van der Waals surface area (Å²) in [7, 11) is 0. The molecule has 1 aromatic rings. The van der Waals surface area contributed by atoms with Crippen molar-refractivity contribution in [3.63, 3.8) is 0 Å². The van der Waals surface area contributed by atoms with Gasteiger partial charge in [0.25, 0.3) is 0 Å². The first-order chi connectivity index (χ1) is 7.71. The summed E-state index contributed by atoms with van der Waals surface area (Å²) in [5.41, 5.74) is 7.00. The molecule has 1 nitrogen and oxygen atoms in total. The minimum atomic E-state index is 0.189. The fraction of sp³-hybridized carbons (Fsp3) is 0.625. The Hall–Kier alpha value is -0.980. The molecule has 0 fully saturated rings. The van der Waals surface area contributed by atoms with E-state index in [4.69, 9.17) is 4.74 Å². The largest absolute Gasteiger partial charge is 0.493 e. The molecular weight excluding hydrogens is 208 g/mol. The molecule has 0 spiro atoms. The first-order valence-electron chi connectivity index (χ1n) is 6.45. The quantitative estimate of drug-likeness (QED) is 0.725. The van der Waals surface area contributed by atoms with E-state index in [9.17, 15) is 0 Å². The van der Waals surface area contributed by atoms with E-state index in [0.29, 0.717) is 0 Å². The number of hydrogen-bond acceptors (Lipinski definition) is 1. The Bertz CT molecular complexity index is 393. The van der Waals surface area contributed by atoms with Gasteiger partial charge in [0.15, 0.2) is 0 Å². The van der Waals surface area contributed by atoms with Gasteiger partial charge in [-0.05, 0) is 67.9 Å². The molecule has 1 aromatic carbocycles. The summed E-state index contributed by atoms with van der Waals surface area (Å²) in [4.78, 5) is 0. The van der Waals surface area contributed by atoms with Crippen LogP contribution in [-0.4, -0.2) is 6.61 Å². The van der Waals surface area contributed by atoms with Crippen LogP contribution in [-0.2, 0) is 5.41 Å². The van der Waals surface area contributed by atoms with E-state index < -0.39 is 0 Å². The average molecular weight is 234 g/mol. The van der Waals surface area contributed by atoms with E-state index in [1.54, 1.807) is 0 Å². The molecule has 0 heterocycles. The average Bonchev–Trinajstić information content (AvgIpc) is 2.20. The van der Waals surface area contributed by atoms with Gasteiger partial charge in [0.1, 0.15) is 5.75 Å². The van der Waals surface area contributed by atoms with Crippen LogP contribution in [0.1, 0.15) is 55.5 Å². The van der Waals surface area contributed by atoms with Gasteiger partial charge in [-0.15, -0.1) is 0 Å². The van der Waals surface area contributed by atoms with Crippen LogP contribution in [0.25, 0.3) is 0 Å². The zero-order chi connectivity index (χ0) is 13.4. The van der Waals surface area contributed by atoms with Crippen LogP contribution in [0.15, 0.2) is 0 Å². The lowest BCUT2D eigenvalue weighted by Crippen LogP contribution is -2.17. The summed E-state index contributed by atoms with van der Waals surface area (Å²) < 4.78 is 5.80. The molecule has 0 amide bonds. The van der Waals surface area contributed by atoms with Crippen LogP contribution >= 0.6 is 0 Å². The van der Waals surface area contributed by atoms with Crippen molar-refractivity contribution < 1.29 is 4.74 Å². The third-order valence-corrected chi connectivity index (χ3v) is 3.59. The van der Waals surface area contributed by atoms with Crippen molar-refractivity contribution in [1.29, 1.82) is 0 Å². The normalized spacial score (nSPS) is 11.8. The van der Waals surface area contributed by atoms with Crippen LogP contribution in [0.2, 0.25) is 0 Å². The lowest BCUT2D eigenvalue weighted by Gasteiger charge is -2.28. The van der Waals surface area contributed by atoms with E-state index in [1.165, 1.54) is 27.8 Å². The number of hydrogen-bond donors (Lipinski definition) is 0. The smallest absolute Gasteiger partial charge is 0.125 e. The highest BCUT2D eigenvalue weighted by Crippen LogP contribution is 2.38. The fourth-order valence-corrected chi connectivity index (χ4v) is 2.76. The maximum Gasteiger partial charge on any atom is 0.125 e. The molecule has 0 atom stereocenters. The van der Waals surface area contributed by atoms with Gasteiger partial charge in [-0.3, -0.25) is 0 Å². The van der Waals surface area contributed by atoms with Gasteiger partial charge in [-0.25, -0.2) is 0 Å². The van der Waals surface area contributed by atoms with Crippen LogP contribution in [0, 0.1) is 27.7 Å². The summed E-state index contributed by atoms with van der Waals surface area (Å²) in [6, 6.07) is 0. The molecule has 0 saturated heterocycles. The van der Waals surface area contributed by atoms with Gasteiger partial charge in [-0.2, -0.15) is 0 Å². The Morgan fingerprint density at radius 2 is 1.24 bits per heavy atom. The summed E-state index contributed by atoms with van der Waals surface area (Å²) in [6.07, 6.45) is 0. The first kappa shape index (κ1) is 14.1. The predicted octanol–water partition coefficient (Wildman–Crippen LogP) is 4.62. The molecule has 0 bridgehead atoms. The molecule has 0 saturated carbocycles. The number of rotatable bonds is 2. The second kappa shape index (κ2) is 4.72. The second-order valence-electron chi connectivity index (χ2n) is 5.89. The molecular formula is C16H26O. The number of benzene rings is 1. The third kappa shape index (κ3) is 2.48. The predicted molar refractivity (Wildman–Crippen MR) is 75.3 cm³/mol. The molecule has 0 N–H and O–H groups in total. The topological polar surface area (TPSA) is 9.23 Å². The van der Waals surface area contributed by atoms with Crippen LogP contribution in [0.5, 0.6) is 5.75 Å². The van der Waals surface area contributed by atoms with Crippen molar-refractivity contribution in [2.75, 3.05) is 6.61 Å². The number of ether oxygens (including phenoxy) is 1. The highest BCUT2D eigenvalue weighted by Gasteiger charge is 2.23. The van der Waals surface area contributed by atoms with Gasteiger partial charge in [0.2, 0.25) is 0 Å². The maximum absolute atomic E-state index is 5.80. The van der Waals surface area contributed by atoms with Crippen LogP contribution in [0.4, 0.5) is 0 Å². The Morgan fingerprint density at radius 1 is 0.824 bits per heavy atom. The minimum absolute atomic E-state index is 0.189. The Morgan fingerprint density at radius 3 is 1.53 bits per heavy atom. The van der Waals surface area contributed by atoms with Gasteiger partial charge in [-0.1, -0.05) is 20.8 Å². The van der Waals surface area contributed by atoms with E-state index in [0.717, 1.165) is 12.4 Å². The van der Waals surface area contributed by atoms with Gasteiger partial charge >= 0.3 is 0 Å². The van der Waals surface area contributed by atoms with Crippen LogP contribution in [0.3, 0.4) is 0 Å². The standard InChI is InChI=1S/C16H26O/c1-9-17-15-12(4)10(2)14(16(6,7)8)11(3)13(15)5/h9H2,1-8H3. The summed E-state index contributed by atoms with van der Waals surface area (Å²) >= 11 is 0. The van der Waals surface area contributed by atoms with E-state index in [2.05, 4.69) is 48.5 Å². The van der Waals surface area contributed by atoms with E-state index in [-0.39, 0.29) is 5.41 Å². The molecule has 0 aliphatic heterocycles. The Balaban J connectivity index is 3.59. The van der Waals surface area contributed by atoms with E-state index in [1.807, 2.05) is 6.92 Å². The lowest BCUT2D eigenvalue weighted by molar-refractivity contribution is 0.334. The van der Waals surface area contributed by atoms with Gasteiger partial charge in [0.05, 0.1) is 6.61 Å². The van der Waals surface area contributed by atoms with Gasteiger partial charge in [0, 0.05) is 0 Å². The van der Waals surface area contributed by atoms with Gasteiger partial charge < -0.3 is 4.74 Å². The van der Waals surface area contributed by atoms with E-state index >= 15 is 0 Å². The molecule has 96 valence electrons. The first-order valence-corrected chi connectivity index (χ1v) is 6.45. The molecule has 0 aliphatic rings. The molecule has 0 radical (unpaired) electrons. The van der Waals surface area contributed by atoms with Crippen molar-refractivity contribution in [3.05, 3.63) is 27.8 Å². The Labute approximate surface area is 106 Å². The van der Waals surface area contributed by atoms with Crippen LogP contribution < -0.4 is 4.74 Å². The van der Waals surface area contributed by atoms with Crippen molar-refractivity contribution in [3.8, 4) is 5.75 Å². The summed E-state index contributed by atoms with van der Waals surface area (Å²) in [5, 5.41) is 0. The zero-order valence-corrected chi connectivity index (χ0v) is 12.6. The van der Waals surface area contributed by atoms with Crippen molar-refractivity contribution in [2.45, 2.75) is 60.8 Å². The van der Waals surface area contributed by atoms with Crippen molar-refractivity contribution >= 4 is 0 Å². The Kier molecular flexibility index (Phi) is 3.91. The fourth-order valence-electron chi connectivity index (χ4n) is 2.76. The summed E-state index contributed by atoms with van der Waals surface area (Å²) in [6.45, 7) is 18.4. The SMILES string of the molecule is CCOc1c(C)c(C)c(C(C)(C)C)c(C)c1C. The maximum atomic E-state index is 5.80. The van der Waals surface area contributed by atoms with Crippen molar-refractivity contribution in [1.82, 2.24) is 0 Å². The molecule has 0 aromatic heterocycles. The molecule has 1 heteroatoms. The molecule has 0 unspecified atom stereocenters. The zero-order valence-electron chi connectivity index (χ0n) is 12.6. The molecule has 0 aliphatic carbocycles. The highest BCUT2D eigenvalue weighted by atomic mass is 16.5. The molecule has 17 heavy (non-hydrogen) atoms. The lowest BCUT2D eigenvalue weighted by atomic mass is 9.78. The molecule has 1 rings (SSSR count). The highest BCUT2D eigenvalue weighted by molar-refractivity contribution is 5.55. The van der Waals surface area contributed by atoms with Crippen molar-refractivity contribution in [2.24, 2.45) is 0 Å².